The lowest BCUT2D eigenvalue weighted by Crippen LogP contribution is -3.00. The lowest BCUT2D eigenvalue weighted by molar-refractivity contribution is -0.992. The summed E-state index contributed by atoms with van der Waals surface area (Å²) in [5.41, 5.74) is 1.54. The number of ketones is 1. The molecule has 1 aromatic heterocycles. The third-order valence-corrected chi connectivity index (χ3v) is 4.68. The number of benzene rings is 2. The van der Waals surface area contributed by atoms with E-state index in [1.807, 2.05) is 0 Å². The number of rotatable bonds is 8. The molecule has 1 heterocycles. The topological polar surface area (TPSA) is 135 Å². The molecular formula is C17H15N5O5S. The zero-order valence-electron chi connectivity index (χ0n) is 14.6. The van der Waals surface area contributed by atoms with E-state index in [1.54, 1.807) is 24.3 Å². The molecule has 3 aromatic rings. The summed E-state index contributed by atoms with van der Waals surface area (Å²) < 4.78 is 1.42. The van der Waals surface area contributed by atoms with E-state index >= 15 is 0 Å². The average molecular weight is 401 g/mol. The smallest absolute Gasteiger partial charge is 0.335 e. The molecule has 10 nitrogen and oxygen atoms in total. The van der Waals surface area contributed by atoms with Gasteiger partial charge >= 0.3 is 5.97 Å². The molecule has 11 heteroatoms. The van der Waals surface area contributed by atoms with Gasteiger partial charge in [0.05, 0.1) is 24.1 Å². The number of nitrogens with zero attached hydrogens (tertiary/aromatic N) is 4. The van der Waals surface area contributed by atoms with Crippen LogP contribution in [0, 0.1) is 5.21 Å². The first-order valence-corrected chi connectivity index (χ1v) is 8.94. The van der Waals surface area contributed by atoms with Crippen LogP contribution >= 0.6 is 11.8 Å². The zero-order valence-corrected chi connectivity index (χ0v) is 15.4. The van der Waals surface area contributed by atoms with Crippen LogP contribution in [0.15, 0.2) is 53.7 Å². The van der Waals surface area contributed by atoms with E-state index in [9.17, 15) is 14.8 Å². The number of Topliss-reactive ketones (excluding diaryl/α,β-unsaturated/α-hetero) is 1. The van der Waals surface area contributed by atoms with Crippen molar-refractivity contribution < 1.29 is 24.8 Å². The minimum absolute atomic E-state index is 0.0884. The minimum atomic E-state index is -1.03. The molecule has 0 aliphatic heterocycles. The van der Waals surface area contributed by atoms with Crippen LogP contribution in [-0.2, 0) is 4.84 Å². The molecule has 0 saturated heterocycles. The highest BCUT2D eigenvalue weighted by molar-refractivity contribution is 7.99. The van der Waals surface area contributed by atoms with Gasteiger partial charge in [-0.05, 0) is 46.8 Å². The van der Waals surface area contributed by atoms with E-state index in [-0.39, 0.29) is 17.1 Å². The van der Waals surface area contributed by atoms with Gasteiger partial charge in [-0.1, -0.05) is 11.8 Å². The zero-order chi connectivity index (χ0) is 20.1. The number of carboxylic acids is 1. The van der Waals surface area contributed by atoms with E-state index in [0.717, 1.165) is 11.8 Å². The Balaban J connectivity index is 1.68. The van der Waals surface area contributed by atoms with Crippen molar-refractivity contribution in [3.05, 3.63) is 64.9 Å². The monoisotopic (exact) mass is 401 g/mol. The number of aromatic carboxylic acids is 1. The van der Waals surface area contributed by atoms with Crippen molar-refractivity contribution in [2.75, 3.05) is 12.9 Å². The second kappa shape index (κ2) is 8.71. The summed E-state index contributed by atoms with van der Waals surface area (Å²) in [6, 6.07) is 12.2. The van der Waals surface area contributed by atoms with Crippen molar-refractivity contribution in [2.45, 2.75) is 5.16 Å². The SMILES string of the molecule is CO[NH+]([O-])c1ccc(C(=O)CSc2nnnn2-c2ccc(C(=O)O)cc2)cc1. The Labute approximate surface area is 163 Å². The van der Waals surface area contributed by atoms with Crippen LogP contribution < -0.4 is 5.23 Å². The number of hydrogen-bond donors (Lipinski definition) is 2. The molecule has 0 bridgehead atoms. The number of hydrogen-bond acceptors (Lipinski definition) is 8. The Bertz CT molecular complexity index is 974. The maximum atomic E-state index is 12.4. The molecule has 1 unspecified atom stereocenters. The summed E-state index contributed by atoms with van der Waals surface area (Å²) in [4.78, 5) is 27.9. The number of tetrazole rings is 1. The molecule has 28 heavy (non-hydrogen) atoms. The van der Waals surface area contributed by atoms with Gasteiger partial charge in [-0.2, -0.15) is 9.91 Å². The highest BCUT2D eigenvalue weighted by Gasteiger charge is 2.14. The van der Waals surface area contributed by atoms with Gasteiger partial charge in [0.2, 0.25) is 5.16 Å². The fraction of sp³-hybridized carbons (Fsp3) is 0.118. The van der Waals surface area contributed by atoms with Gasteiger partial charge in [-0.15, -0.1) is 5.10 Å². The van der Waals surface area contributed by atoms with Gasteiger partial charge in [-0.25, -0.2) is 9.63 Å². The van der Waals surface area contributed by atoms with Crippen LogP contribution in [0.1, 0.15) is 20.7 Å². The first-order valence-electron chi connectivity index (χ1n) is 7.96. The highest BCUT2D eigenvalue weighted by atomic mass is 32.2. The van der Waals surface area contributed by atoms with Gasteiger partial charge in [0.25, 0.3) is 0 Å². The lowest BCUT2D eigenvalue weighted by atomic mass is 10.1. The second-order valence-electron chi connectivity index (χ2n) is 5.51. The number of carboxylic acid groups (broad SMARTS) is 1. The predicted octanol–water partition coefficient (Wildman–Crippen LogP) is 0.911. The van der Waals surface area contributed by atoms with Crippen molar-refractivity contribution in [1.82, 2.24) is 20.2 Å². The molecule has 0 amide bonds. The van der Waals surface area contributed by atoms with Crippen LogP contribution in [-0.4, -0.2) is 49.9 Å². The van der Waals surface area contributed by atoms with E-state index in [0.29, 0.717) is 22.1 Å². The Morgan fingerprint density at radius 3 is 2.39 bits per heavy atom. The molecule has 2 N–H and O–H groups in total. The lowest BCUT2D eigenvalue weighted by Gasteiger charge is -2.16. The third-order valence-electron chi connectivity index (χ3n) is 3.76. The molecule has 0 aliphatic rings. The summed E-state index contributed by atoms with van der Waals surface area (Å²) in [5, 5.41) is 31.7. The average Bonchev–Trinajstić information content (AvgIpc) is 3.20. The van der Waals surface area contributed by atoms with Gasteiger partial charge in [-0.3, -0.25) is 4.79 Å². The van der Waals surface area contributed by atoms with Crippen LogP contribution in [0.25, 0.3) is 5.69 Å². The number of thioether (sulfide) groups is 1. The highest BCUT2D eigenvalue weighted by Crippen LogP contribution is 2.20. The number of quaternary nitrogens is 1. The number of carbonyl (C=O) groups excluding carboxylic acids is 1. The van der Waals surface area contributed by atoms with Gasteiger partial charge in [0.1, 0.15) is 0 Å². The fourth-order valence-corrected chi connectivity index (χ4v) is 3.08. The molecule has 0 fully saturated rings. The number of carbonyl (C=O) groups is 2. The number of aromatic nitrogens is 4. The van der Waals surface area contributed by atoms with Crippen molar-refractivity contribution >= 4 is 29.2 Å². The van der Waals surface area contributed by atoms with E-state index in [2.05, 4.69) is 20.4 Å². The molecule has 2 aromatic carbocycles. The van der Waals surface area contributed by atoms with Crippen molar-refractivity contribution in [2.24, 2.45) is 0 Å². The van der Waals surface area contributed by atoms with E-state index in [4.69, 9.17) is 5.11 Å². The molecule has 3 rings (SSSR count). The first kappa shape index (κ1) is 19.6. The number of nitrogens with one attached hydrogen (secondary N) is 1. The van der Waals surface area contributed by atoms with E-state index in [1.165, 1.54) is 36.1 Å². The standard InChI is InChI=1S/C17H15N5O5S/c1-27-22(26)14-8-2-11(3-9-14)15(23)10-28-17-18-19-20-21(17)13-6-4-12(5-7-13)16(24)25/h2-9,22H,10H2,1H3,(H,24,25). The molecule has 0 radical (unpaired) electrons. The molecule has 0 aliphatic carbocycles. The molecule has 0 saturated carbocycles. The van der Waals surface area contributed by atoms with Crippen LogP contribution in [0.3, 0.4) is 0 Å². The van der Waals surface area contributed by atoms with Crippen molar-refractivity contribution in [3.8, 4) is 5.69 Å². The summed E-state index contributed by atoms with van der Waals surface area (Å²) in [6.45, 7) is 0. The molecular weight excluding hydrogens is 386 g/mol. The Morgan fingerprint density at radius 2 is 1.79 bits per heavy atom. The molecule has 1 atom stereocenters. The summed E-state index contributed by atoms with van der Waals surface area (Å²) in [5.74, 6) is -1.09. The normalized spacial score (nSPS) is 11.9. The maximum Gasteiger partial charge on any atom is 0.335 e. The fourth-order valence-electron chi connectivity index (χ4n) is 2.30. The largest absolute Gasteiger partial charge is 0.595 e. The minimum Gasteiger partial charge on any atom is -0.595 e. The molecule has 144 valence electrons. The van der Waals surface area contributed by atoms with E-state index < -0.39 is 11.2 Å². The Morgan fingerprint density at radius 1 is 1.14 bits per heavy atom. The second-order valence-corrected chi connectivity index (χ2v) is 6.45. The van der Waals surface area contributed by atoms with Crippen LogP contribution in [0.5, 0.6) is 0 Å². The molecule has 0 spiro atoms. The first-order chi connectivity index (χ1) is 13.5. The van der Waals surface area contributed by atoms with Crippen LogP contribution in [0.2, 0.25) is 0 Å². The third kappa shape index (κ3) is 4.40. The quantitative estimate of drug-likeness (QED) is 0.321. The maximum absolute atomic E-state index is 12.4. The summed E-state index contributed by atoms with van der Waals surface area (Å²) in [7, 11) is 1.29. The van der Waals surface area contributed by atoms with Gasteiger partial charge in [0, 0.05) is 17.7 Å². The van der Waals surface area contributed by atoms with Gasteiger partial charge in [0.15, 0.2) is 11.5 Å². The predicted molar refractivity (Wildman–Crippen MR) is 98.6 cm³/mol. The Kier molecular flexibility index (Phi) is 6.11. The Hall–Kier alpha value is -3.12. The van der Waals surface area contributed by atoms with Crippen molar-refractivity contribution in [1.29, 1.82) is 0 Å². The summed E-state index contributed by atoms with van der Waals surface area (Å²) in [6.07, 6.45) is 0. The van der Waals surface area contributed by atoms with Crippen LogP contribution in [0.4, 0.5) is 5.69 Å². The summed E-state index contributed by atoms with van der Waals surface area (Å²) >= 11 is 1.15. The van der Waals surface area contributed by atoms with Gasteiger partial charge < -0.3 is 10.3 Å². The van der Waals surface area contributed by atoms with Crippen molar-refractivity contribution in [3.63, 3.8) is 0 Å².